The maximum Gasteiger partial charge on any atom is 0.335 e. The number of nitrogens with one attached hydrogen (secondary N) is 1. The number of nitrogens with zero attached hydrogens (tertiary/aromatic N) is 2. The molecule has 5 heteroatoms. The molecule has 1 rings (SSSR count). The topological polar surface area (TPSA) is 65.5 Å². The predicted octanol–water partition coefficient (Wildman–Crippen LogP) is 0.435. The van der Waals surface area contributed by atoms with E-state index in [0.29, 0.717) is 5.82 Å². The molecule has 0 unspecified atom stereocenters. The fourth-order valence-corrected chi connectivity index (χ4v) is 1.15. The van der Waals surface area contributed by atoms with Crippen molar-refractivity contribution < 1.29 is 9.90 Å². The highest BCUT2D eigenvalue weighted by Crippen LogP contribution is 2.10. The zero-order chi connectivity index (χ0) is 11.3. The summed E-state index contributed by atoms with van der Waals surface area (Å²) in [6.45, 7) is 1.61. The van der Waals surface area contributed by atoms with Gasteiger partial charge < -0.3 is 15.3 Å². The van der Waals surface area contributed by atoms with Gasteiger partial charge in [-0.3, -0.25) is 0 Å². The van der Waals surface area contributed by atoms with Crippen LogP contribution in [-0.2, 0) is 0 Å². The summed E-state index contributed by atoms with van der Waals surface area (Å²) in [6.07, 6.45) is 1.51. The first-order chi connectivity index (χ1) is 7.15. The molecule has 0 radical (unpaired) electrons. The predicted molar refractivity (Wildman–Crippen MR) is 58.4 cm³/mol. The van der Waals surface area contributed by atoms with E-state index in [1.807, 2.05) is 19.0 Å². The standard InChI is InChI=1S/C10H15N3O2/c1-11-5-6-13(2)9-7-8(10(14)15)3-4-12-9/h3-4,7,11H,5-6H2,1-2H3,(H,14,15). The molecule has 1 heterocycles. The Morgan fingerprint density at radius 2 is 2.40 bits per heavy atom. The molecule has 1 aromatic rings. The van der Waals surface area contributed by atoms with Crippen molar-refractivity contribution in [2.24, 2.45) is 0 Å². The lowest BCUT2D eigenvalue weighted by Crippen LogP contribution is -2.27. The monoisotopic (exact) mass is 209 g/mol. The van der Waals surface area contributed by atoms with E-state index < -0.39 is 5.97 Å². The van der Waals surface area contributed by atoms with Gasteiger partial charge in [0.1, 0.15) is 5.82 Å². The van der Waals surface area contributed by atoms with E-state index in [0.717, 1.165) is 13.1 Å². The summed E-state index contributed by atoms with van der Waals surface area (Å²) in [5, 5.41) is 11.8. The van der Waals surface area contributed by atoms with E-state index >= 15 is 0 Å². The zero-order valence-electron chi connectivity index (χ0n) is 8.90. The maximum absolute atomic E-state index is 10.7. The molecule has 1 aromatic heterocycles. The lowest BCUT2D eigenvalue weighted by Gasteiger charge is -2.17. The SMILES string of the molecule is CNCCN(C)c1cc(C(=O)O)ccn1. The van der Waals surface area contributed by atoms with Crippen LogP contribution in [0, 0.1) is 0 Å². The Bertz CT molecular complexity index is 341. The van der Waals surface area contributed by atoms with E-state index in [1.54, 1.807) is 6.07 Å². The van der Waals surface area contributed by atoms with Gasteiger partial charge in [0.25, 0.3) is 0 Å². The minimum atomic E-state index is -0.930. The highest BCUT2D eigenvalue weighted by molar-refractivity contribution is 5.88. The zero-order valence-corrected chi connectivity index (χ0v) is 8.90. The third-order valence-corrected chi connectivity index (χ3v) is 2.08. The number of carboxylic acids is 1. The Balaban J connectivity index is 2.76. The quantitative estimate of drug-likeness (QED) is 0.736. The maximum atomic E-state index is 10.7. The third-order valence-electron chi connectivity index (χ3n) is 2.08. The molecular formula is C10H15N3O2. The first-order valence-corrected chi connectivity index (χ1v) is 4.70. The van der Waals surface area contributed by atoms with Crippen LogP contribution >= 0.6 is 0 Å². The van der Waals surface area contributed by atoms with Gasteiger partial charge in [0, 0.05) is 26.3 Å². The van der Waals surface area contributed by atoms with Crippen LogP contribution in [0.1, 0.15) is 10.4 Å². The lowest BCUT2D eigenvalue weighted by atomic mass is 10.2. The molecule has 0 saturated heterocycles. The number of carbonyl (C=O) groups is 1. The summed E-state index contributed by atoms with van der Waals surface area (Å²) >= 11 is 0. The number of likely N-dealkylation sites (N-methyl/N-ethyl adjacent to an activating group) is 2. The molecule has 0 saturated carbocycles. The van der Waals surface area contributed by atoms with Gasteiger partial charge in [0.05, 0.1) is 5.56 Å². The smallest absolute Gasteiger partial charge is 0.335 e. The number of rotatable bonds is 5. The summed E-state index contributed by atoms with van der Waals surface area (Å²) in [7, 11) is 3.75. The highest BCUT2D eigenvalue weighted by atomic mass is 16.4. The summed E-state index contributed by atoms with van der Waals surface area (Å²) < 4.78 is 0. The van der Waals surface area contributed by atoms with Gasteiger partial charge >= 0.3 is 5.97 Å². The van der Waals surface area contributed by atoms with Crippen LogP contribution in [0.15, 0.2) is 18.3 Å². The molecule has 2 N–H and O–H groups in total. The molecule has 0 spiro atoms. The Morgan fingerprint density at radius 1 is 1.67 bits per heavy atom. The van der Waals surface area contributed by atoms with E-state index in [9.17, 15) is 4.79 Å². The van der Waals surface area contributed by atoms with Gasteiger partial charge in [0.2, 0.25) is 0 Å². The molecule has 0 bridgehead atoms. The molecule has 0 aromatic carbocycles. The van der Waals surface area contributed by atoms with E-state index in [4.69, 9.17) is 5.11 Å². The van der Waals surface area contributed by atoms with Crippen LogP contribution in [0.4, 0.5) is 5.82 Å². The van der Waals surface area contributed by atoms with Crippen LogP contribution in [0.2, 0.25) is 0 Å². The second-order valence-electron chi connectivity index (χ2n) is 3.23. The van der Waals surface area contributed by atoms with Gasteiger partial charge in [-0.1, -0.05) is 0 Å². The number of aromatic carboxylic acids is 1. The van der Waals surface area contributed by atoms with Gasteiger partial charge in [-0.2, -0.15) is 0 Å². The minimum absolute atomic E-state index is 0.260. The largest absolute Gasteiger partial charge is 0.478 e. The van der Waals surface area contributed by atoms with Crippen molar-refractivity contribution in [3.05, 3.63) is 23.9 Å². The molecule has 5 nitrogen and oxygen atoms in total. The van der Waals surface area contributed by atoms with E-state index in [2.05, 4.69) is 10.3 Å². The second-order valence-corrected chi connectivity index (χ2v) is 3.23. The van der Waals surface area contributed by atoms with Crippen molar-refractivity contribution in [1.29, 1.82) is 0 Å². The molecule has 15 heavy (non-hydrogen) atoms. The molecular weight excluding hydrogens is 194 g/mol. The first-order valence-electron chi connectivity index (χ1n) is 4.70. The summed E-state index contributed by atoms with van der Waals surface area (Å²) in [4.78, 5) is 16.7. The van der Waals surface area contributed by atoms with Crippen LogP contribution in [0.3, 0.4) is 0 Å². The van der Waals surface area contributed by atoms with Crippen molar-refractivity contribution in [2.75, 3.05) is 32.1 Å². The van der Waals surface area contributed by atoms with Crippen LogP contribution < -0.4 is 10.2 Å². The Morgan fingerprint density at radius 3 is 3.00 bits per heavy atom. The molecule has 0 aliphatic carbocycles. The van der Waals surface area contributed by atoms with Gasteiger partial charge in [0.15, 0.2) is 0 Å². The van der Waals surface area contributed by atoms with Gasteiger partial charge in [-0.25, -0.2) is 9.78 Å². The Kier molecular flexibility index (Phi) is 4.05. The van der Waals surface area contributed by atoms with Crippen molar-refractivity contribution in [3.8, 4) is 0 Å². The Hall–Kier alpha value is -1.62. The van der Waals surface area contributed by atoms with Crippen LogP contribution in [-0.4, -0.2) is 43.2 Å². The van der Waals surface area contributed by atoms with Gasteiger partial charge in [-0.05, 0) is 19.2 Å². The van der Waals surface area contributed by atoms with Gasteiger partial charge in [-0.15, -0.1) is 0 Å². The minimum Gasteiger partial charge on any atom is -0.478 e. The average Bonchev–Trinajstić information content (AvgIpc) is 2.26. The average molecular weight is 209 g/mol. The summed E-state index contributed by atoms with van der Waals surface area (Å²) in [5.41, 5.74) is 0.260. The van der Waals surface area contributed by atoms with Crippen molar-refractivity contribution in [3.63, 3.8) is 0 Å². The number of hydrogen-bond acceptors (Lipinski definition) is 4. The number of pyridine rings is 1. The molecule has 0 amide bonds. The molecule has 0 fully saturated rings. The second kappa shape index (κ2) is 5.31. The van der Waals surface area contributed by atoms with E-state index in [-0.39, 0.29) is 5.56 Å². The number of aromatic nitrogens is 1. The number of carboxylic acid groups (broad SMARTS) is 1. The third kappa shape index (κ3) is 3.21. The summed E-state index contributed by atoms with van der Waals surface area (Å²) in [5.74, 6) is -0.259. The molecule has 0 atom stereocenters. The Labute approximate surface area is 88.7 Å². The molecule has 82 valence electrons. The highest BCUT2D eigenvalue weighted by Gasteiger charge is 2.06. The first kappa shape index (κ1) is 11.5. The molecule has 0 aliphatic heterocycles. The fourth-order valence-electron chi connectivity index (χ4n) is 1.15. The van der Waals surface area contributed by atoms with Crippen LogP contribution in [0.25, 0.3) is 0 Å². The van der Waals surface area contributed by atoms with Crippen molar-refractivity contribution >= 4 is 11.8 Å². The number of anilines is 1. The number of hydrogen-bond donors (Lipinski definition) is 2. The van der Waals surface area contributed by atoms with Crippen LogP contribution in [0.5, 0.6) is 0 Å². The lowest BCUT2D eigenvalue weighted by molar-refractivity contribution is 0.0697. The van der Waals surface area contributed by atoms with Crippen molar-refractivity contribution in [1.82, 2.24) is 10.3 Å². The van der Waals surface area contributed by atoms with Crippen molar-refractivity contribution in [2.45, 2.75) is 0 Å². The molecule has 0 aliphatic rings. The normalized spacial score (nSPS) is 10.0. The van der Waals surface area contributed by atoms with E-state index in [1.165, 1.54) is 12.3 Å². The fraction of sp³-hybridized carbons (Fsp3) is 0.400. The summed E-state index contributed by atoms with van der Waals surface area (Å²) in [6, 6.07) is 3.05.